The van der Waals surface area contributed by atoms with Crippen molar-refractivity contribution < 1.29 is 98.1 Å². The minimum atomic E-state index is -1.11. The predicted molar refractivity (Wildman–Crippen MR) is 487 cm³/mol. The van der Waals surface area contributed by atoms with Gasteiger partial charge in [-0.1, -0.05) is 17.7 Å². The lowest BCUT2D eigenvalue weighted by molar-refractivity contribution is 0.261. The van der Waals surface area contributed by atoms with E-state index in [1.807, 2.05) is 0 Å². The van der Waals surface area contributed by atoms with Gasteiger partial charge in [0.2, 0.25) is 0 Å². The number of aromatic nitrogens is 8. The number of nitrogens with zero attached hydrogens (tertiary/aromatic N) is 8. The van der Waals surface area contributed by atoms with Crippen molar-refractivity contribution in [1.82, 2.24) is 39.9 Å². The number of aliphatic hydroxyl groups excluding tert-OH is 4. The highest BCUT2D eigenvalue weighted by molar-refractivity contribution is 6.31. The van der Waals surface area contributed by atoms with E-state index >= 15 is 0 Å². The average Bonchev–Trinajstić information content (AvgIpc) is 0.832. The van der Waals surface area contributed by atoms with E-state index in [2.05, 4.69) is 104 Å². The third-order valence-corrected chi connectivity index (χ3v) is 18.2. The van der Waals surface area contributed by atoms with Crippen molar-refractivity contribution in [3.63, 3.8) is 0 Å². The Labute approximate surface area is 758 Å². The third kappa shape index (κ3) is 27.5. The van der Waals surface area contributed by atoms with E-state index < -0.39 is 76.5 Å². The molecule has 4 heterocycles. The second-order valence-electron chi connectivity index (χ2n) is 27.8. The van der Waals surface area contributed by atoms with Gasteiger partial charge in [0.25, 0.3) is 0 Å². The van der Waals surface area contributed by atoms with Crippen molar-refractivity contribution in [2.24, 2.45) is 0 Å². The standard InChI is InChI=1S/C23H18ClF2N5O3.C23H18F3N5O3.2C23H19F2N5O3/c24-16-9-13(1-4-17(16)25)29-23(33)30-14-2-6-21(18(26)10-14)34-15-3-5-19-20(11-15)31-22(12-28-19)27-7-8-32;24-16-4-1-13(9-17(16)25)29-23(33)30-14-2-6-21(18(26)10-14)34-15-3-5-19-20(11-15)31-22(12-28-19)27-7-8-32;24-14-1-3-15(4-2-14)28-23(32)29-16-5-8-21(18(25)11-16)33-17-6-7-19-20(12-17)30-22(13-27-19)26-9-10-31;24-14-2-1-3-15(10-14)28-23(32)29-16-4-7-21(18(25)11-16)33-17-5-6-19-20(12-17)30-22(13-27-19)26-8-9-31/h2*1-6,9-12,32H,7-8H2,(H,27,31)(H2,29,30,33);1-8,11-13,31H,9-10H2,(H,26,30)(H2,28,29,32);1-7,10-13,31H,8-9H2,(H,26,30)(H2,28,29,32). The molecule has 0 saturated carbocycles. The van der Waals surface area contributed by atoms with Gasteiger partial charge in [0.15, 0.2) is 57.9 Å². The summed E-state index contributed by atoms with van der Waals surface area (Å²) in [5.41, 5.74) is 6.25. The maximum absolute atomic E-state index is 14.6. The molecule has 32 nitrogen and oxygen atoms in total. The molecule has 8 amide bonds. The molecule has 0 aliphatic rings. The molecule has 16 rings (SSSR count). The molecular formula is C92H74ClF9N20O12. The number of hydrogen-bond acceptors (Lipinski definition) is 24. The number of amides is 8. The number of benzene rings is 12. The Balaban J connectivity index is 0.000000152. The zero-order chi connectivity index (χ0) is 94.6. The second kappa shape index (κ2) is 45.8. The van der Waals surface area contributed by atoms with E-state index in [0.717, 1.165) is 48.5 Å². The lowest BCUT2D eigenvalue weighted by Gasteiger charge is -2.11. The van der Waals surface area contributed by atoms with Crippen LogP contribution in [-0.2, 0) is 0 Å². The zero-order valence-electron chi connectivity index (χ0n) is 69.3. The SMILES string of the molecule is O=C(Nc1ccc(F)c(F)c1)Nc1ccc(Oc2ccc3ncc(NCCO)nc3c2)c(F)c1.O=C(Nc1ccc(F)cc1)Nc1ccc(Oc2ccc3ncc(NCCO)nc3c2)c(F)c1.O=C(Nc1ccc(Oc2ccc3ncc(NCCO)nc3c2)c(F)c1)Nc1ccc(F)c(Cl)c1.O=C(Nc1cccc(F)c1)Nc1ccc(Oc2ccc3ncc(NCCO)nc3c2)c(F)c1. The molecule has 134 heavy (non-hydrogen) atoms. The minimum Gasteiger partial charge on any atom is -0.454 e. The van der Waals surface area contributed by atoms with Gasteiger partial charge in [-0.2, -0.15) is 0 Å². The number of nitrogens with one attached hydrogen (secondary N) is 12. The normalized spacial score (nSPS) is 10.7. The number of anilines is 12. The molecule has 0 atom stereocenters. The van der Waals surface area contributed by atoms with Crippen LogP contribution in [0.4, 0.5) is 127 Å². The van der Waals surface area contributed by atoms with Gasteiger partial charge in [-0.25, -0.2) is 78.6 Å². The van der Waals surface area contributed by atoms with Gasteiger partial charge < -0.3 is 103 Å². The fourth-order valence-corrected chi connectivity index (χ4v) is 12.1. The van der Waals surface area contributed by atoms with Crippen molar-refractivity contribution in [2.45, 2.75) is 0 Å². The lowest BCUT2D eigenvalue weighted by Crippen LogP contribution is -2.19. The number of carbonyl (C=O) groups excluding carboxylic acids is 4. The van der Waals surface area contributed by atoms with Gasteiger partial charge in [-0.15, -0.1) is 0 Å². The highest BCUT2D eigenvalue weighted by Crippen LogP contribution is 2.35. The molecule has 684 valence electrons. The van der Waals surface area contributed by atoms with Gasteiger partial charge in [0.05, 0.1) is 100 Å². The molecule has 0 fully saturated rings. The number of carbonyl (C=O) groups is 4. The van der Waals surface area contributed by atoms with Crippen LogP contribution in [0.1, 0.15) is 0 Å². The Morgan fingerprint density at radius 1 is 0.261 bits per heavy atom. The van der Waals surface area contributed by atoms with Crippen LogP contribution in [0.3, 0.4) is 0 Å². The smallest absolute Gasteiger partial charge is 0.323 e. The first-order valence-electron chi connectivity index (χ1n) is 39.9. The molecule has 4 aromatic heterocycles. The Hall–Kier alpha value is -17.0. The van der Waals surface area contributed by atoms with Gasteiger partial charge in [-0.05, 0) is 170 Å². The molecule has 16 aromatic rings. The quantitative estimate of drug-likeness (QED) is 0.0203. The molecule has 0 aliphatic heterocycles. The van der Waals surface area contributed by atoms with Gasteiger partial charge in [0, 0.05) is 126 Å². The molecule has 12 aromatic carbocycles. The van der Waals surface area contributed by atoms with Crippen molar-refractivity contribution in [2.75, 3.05) is 116 Å². The Bertz CT molecular complexity index is 6720. The van der Waals surface area contributed by atoms with E-state index in [9.17, 15) is 58.7 Å². The molecule has 0 aliphatic carbocycles. The summed E-state index contributed by atoms with van der Waals surface area (Å²) in [7, 11) is 0. The minimum absolute atomic E-state index is 0.0333. The fraction of sp³-hybridized carbons (Fsp3) is 0.0870. The highest BCUT2D eigenvalue weighted by atomic mass is 35.5. The van der Waals surface area contributed by atoms with E-state index in [0.29, 0.717) is 122 Å². The van der Waals surface area contributed by atoms with Crippen LogP contribution in [0.2, 0.25) is 5.02 Å². The van der Waals surface area contributed by atoms with E-state index in [1.54, 1.807) is 91.4 Å². The number of rotatable bonds is 28. The molecule has 0 unspecified atom stereocenters. The van der Waals surface area contributed by atoms with Gasteiger partial charge in [0.1, 0.15) is 63.7 Å². The predicted octanol–water partition coefficient (Wildman–Crippen LogP) is 19.8. The van der Waals surface area contributed by atoms with E-state index in [1.165, 1.54) is 115 Å². The summed E-state index contributed by atoms with van der Waals surface area (Å²) in [5, 5.41) is 66.8. The van der Waals surface area contributed by atoms with Crippen LogP contribution in [-0.4, -0.2) is 137 Å². The Morgan fingerprint density at radius 3 is 0.813 bits per heavy atom. The summed E-state index contributed by atoms with van der Waals surface area (Å²) in [6, 6.07) is 50.0. The van der Waals surface area contributed by atoms with Gasteiger partial charge in [-0.3, -0.25) is 19.9 Å². The van der Waals surface area contributed by atoms with Crippen molar-refractivity contribution in [3.8, 4) is 46.0 Å². The third-order valence-electron chi connectivity index (χ3n) is 17.9. The van der Waals surface area contributed by atoms with Crippen LogP contribution in [0.5, 0.6) is 46.0 Å². The molecule has 0 spiro atoms. The number of hydrogen-bond donors (Lipinski definition) is 16. The first-order chi connectivity index (χ1) is 64.8. The topological polar surface area (TPSA) is 434 Å². The number of ether oxygens (including phenoxy) is 4. The van der Waals surface area contributed by atoms with Crippen LogP contribution < -0.4 is 82.7 Å². The monoisotopic (exact) mass is 1860 g/mol. The van der Waals surface area contributed by atoms with Crippen LogP contribution in [0.15, 0.2) is 255 Å². The molecule has 42 heteroatoms. The van der Waals surface area contributed by atoms with Crippen LogP contribution in [0, 0.1) is 52.4 Å². The van der Waals surface area contributed by atoms with Crippen molar-refractivity contribution in [1.29, 1.82) is 0 Å². The summed E-state index contributed by atoms with van der Waals surface area (Å²) in [6.45, 7) is 1.14. The van der Waals surface area contributed by atoms with Crippen LogP contribution in [0.25, 0.3) is 44.1 Å². The number of fused-ring (bicyclic) bond motifs is 4. The van der Waals surface area contributed by atoms with Crippen molar-refractivity contribution in [3.05, 3.63) is 313 Å². The maximum Gasteiger partial charge on any atom is 0.323 e. The molecule has 0 radical (unpaired) electrons. The summed E-state index contributed by atoms with van der Waals surface area (Å²) in [4.78, 5) is 82.9. The molecule has 0 bridgehead atoms. The Morgan fingerprint density at radius 2 is 0.530 bits per heavy atom. The summed E-state index contributed by atoms with van der Waals surface area (Å²) in [6.07, 6.45) is 6.18. The van der Waals surface area contributed by atoms with Crippen molar-refractivity contribution >= 4 is 149 Å². The fourth-order valence-electron chi connectivity index (χ4n) is 11.9. The summed E-state index contributed by atoms with van der Waals surface area (Å²) in [5.74, 6) is -3.41. The summed E-state index contributed by atoms with van der Waals surface area (Å²) < 4.78 is 147. The first kappa shape index (κ1) is 94.6. The average molecular weight is 1860 g/mol. The van der Waals surface area contributed by atoms with Gasteiger partial charge >= 0.3 is 24.1 Å². The van der Waals surface area contributed by atoms with E-state index in [-0.39, 0.29) is 94.3 Å². The highest BCUT2D eigenvalue weighted by Gasteiger charge is 2.19. The molecular weight excluding hydrogens is 1780 g/mol. The number of urea groups is 4. The van der Waals surface area contributed by atoms with E-state index in [4.69, 9.17) is 51.0 Å². The largest absolute Gasteiger partial charge is 0.454 e. The number of halogens is 10. The summed E-state index contributed by atoms with van der Waals surface area (Å²) >= 11 is 5.69. The first-order valence-corrected chi connectivity index (χ1v) is 40.3. The maximum atomic E-state index is 14.6. The zero-order valence-corrected chi connectivity index (χ0v) is 70.1. The molecule has 16 N–H and O–H groups in total. The Kier molecular flexibility index (Phi) is 32.3. The number of aliphatic hydroxyl groups is 4. The molecule has 0 saturated heterocycles. The van der Waals surface area contributed by atoms with Crippen LogP contribution >= 0.6 is 11.6 Å². The second-order valence-corrected chi connectivity index (χ2v) is 28.2. The lowest BCUT2D eigenvalue weighted by atomic mass is 10.2.